The molecule has 0 rings (SSSR count). The first-order valence-electron chi connectivity index (χ1n) is 14.5. The fourth-order valence-electron chi connectivity index (χ4n) is 6.53. The minimum absolute atomic E-state index is 0.00174. The molecule has 43 heavy (non-hydrogen) atoms. The lowest BCUT2D eigenvalue weighted by atomic mass is 10.2. The number of carbonyl (C=O) groups excluding carboxylic acids is 2. The predicted molar refractivity (Wildman–Crippen MR) is 165 cm³/mol. The highest BCUT2D eigenvalue weighted by atomic mass is 28.3. The predicted octanol–water partition coefficient (Wildman–Crippen LogP) is 6.82. The molecule has 0 fully saturated rings. The van der Waals surface area contributed by atoms with Crippen molar-refractivity contribution in [3.63, 3.8) is 0 Å². The van der Waals surface area contributed by atoms with Crippen LogP contribution in [0.15, 0.2) is 12.2 Å². The maximum Gasteiger partial charge on any atom is 0.333 e. The van der Waals surface area contributed by atoms with Crippen molar-refractivity contribution in [3.05, 3.63) is 12.2 Å². The molecule has 230 valence electrons. The Kier molecular flexibility index (Phi) is 17.5. The fraction of sp³-hybridized carbons (Fsp3) is 0.677. The molecule has 0 N–H and O–H groups in total. The Balaban J connectivity index is 5.95. The molecule has 6 unspecified atom stereocenters. The Bertz CT molecular complexity index is 1120. The van der Waals surface area contributed by atoms with Crippen molar-refractivity contribution in [3.8, 4) is 36.4 Å². The van der Waals surface area contributed by atoms with Crippen molar-refractivity contribution in [2.75, 3.05) is 12.5 Å². The van der Waals surface area contributed by atoms with Gasteiger partial charge in [0.05, 0.1) is 55.3 Å². The van der Waals surface area contributed by atoms with Gasteiger partial charge < -0.3 is 9.47 Å². The van der Waals surface area contributed by atoms with Crippen LogP contribution in [0.2, 0.25) is 33.2 Å². The quantitative estimate of drug-likeness (QED) is 0.0839. The third-order valence-corrected chi connectivity index (χ3v) is 23.0. The lowest BCUT2D eigenvalue weighted by molar-refractivity contribution is -0.144. The fourth-order valence-corrected chi connectivity index (χ4v) is 17.7. The minimum Gasteiger partial charge on any atom is -0.469 e. The van der Waals surface area contributed by atoms with Gasteiger partial charge in [0.2, 0.25) is 0 Å². The lowest BCUT2D eigenvalue weighted by Crippen LogP contribution is -2.52. The smallest absolute Gasteiger partial charge is 0.333 e. The zero-order valence-electron chi connectivity index (χ0n) is 26.4. The highest BCUT2D eigenvalue weighted by Crippen LogP contribution is 2.47. The maximum atomic E-state index is 13.0. The molecule has 0 aliphatic rings. The van der Waals surface area contributed by atoms with Gasteiger partial charge in [-0.2, -0.15) is 31.6 Å². The van der Waals surface area contributed by atoms with E-state index >= 15 is 0 Å². The van der Waals surface area contributed by atoms with Gasteiger partial charge in [-0.25, -0.2) is 4.79 Å². The molecule has 0 saturated carbocycles. The van der Waals surface area contributed by atoms with Crippen LogP contribution in [-0.4, -0.2) is 40.5 Å². The molecule has 0 aliphatic heterocycles. The van der Waals surface area contributed by atoms with E-state index in [9.17, 15) is 41.2 Å². The van der Waals surface area contributed by atoms with E-state index in [-0.39, 0.29) is 89.8 Å². The van der Waals surface area contributed by atoms with E-state index in [1.165, 1.54) is 0 Å². The zero-order chi connectivity index (χ0) is 33.2. The zero-order valence-corrected chi connectivity index (χ0v) is 28.4. The summed E-state index contributed by atoms with van der Waals surface area (Å²) in [4.78, 5) is 26.0. The number of esters is 2. The van der Waals surface area contributed by atoms with Gasteiger partial charge in [-0.1, -0.05) is 48.1 Å². The van der Waals surface area contributed by atoms with Crippen LogP contribution in [0.25, 0.3) is 0 Å². The molecule has 0 aromatic carbocycles. The van der Waals surface area contributed by atoms with Crippen molar-refractivity contribution in [2.45, 2.75) is 120 Å². The Labute approximate surface area is 259 Å². The van der Waals surface area contributed by atoms with Gasteiger partial charge in [0.25, 0.3) is 0 Å². The van der Waals surface area contributed by atoms with Crippen molar-refractivity contribution < 1.29 is 19.1 Å². The number of hydrogen-bond acceptors (Lipinski definition) is 10. The molecule has 0 aromatic rings. The molecular weight excluding hydrogens is 577 g/mol. The highest BCUT2D eigenvalue weighted by Gasteiger charge is 2.50. The van der Waals surface area contributed by atoms with E-state index in [0.29, 0.717) is 0 Å². The average Bonchev–Trinajstić information content (AvgIpc) is 2.94. The van der Waals surface area contributed by atoms with Crippen LogP contribution < -0.4 is 0 Å². The third kappa shape index (κ3) is 10.1. The maximum absolute atomic E-state index is 13.0. The van der Waals surface area contributed by atoms with E-state index in [1.807, 2.05) is 41.5 Å². The molecule has 10 nitrogen and oxygen atoms in total. The third-order valence-electron chi connectivity index (χ3n) is 9.47. The van der Waals surface area contributed by atoms with E-state index in [0.717, 1.165) is 0 Å². The van der Waals surface area contributed by atoms with Gasteiger partial charge in [-0.05, 0) is 33.2 Å². The molecule has 0 radical (unpaired) electrons. The van der Waals surface area contributed by atoms with Crippen molar-refractivity contribution >= 4 is 28.1 Å². The average molecular weight is 621 g/mol. The topological polar surface area (TPSA) is 195 Å². The van der Waals surface area contributed by atoms with E-state index in [4.69, 9.17) is 9.47 Å². The molecule has 0 aliphatic carbocycles. The first kappa shape index (κ1) is 39.1. The summed E-state index contributed by atoms with van der Waals surface area (Å²) in [5, 5.41) is 56.5. The van der Waals surface area contributed by atoms with Gasteiger partial charge >= 0.3 is 11.9 Å². The first-order valence-corrected chi connectivity index (χ1v) is 19.4. The van der Waals surface area contributed by atoms with Crippen molar-refractivity contribution in [2.24, 2.45) is 0 Å². The molecule has 0 spiro atoms. The largest absolute Gasteiger partial charge is 0.469 e. The summed E-state index contributed by atoms with van der Waals surface area (Å²) < 4.78 is 11.4. The Morgan fingerprint density at radius 1 is 0.558 bits per heavy atom. The number of carbonyl (C=O) groups is 2. The monoisotopic (exact) mass is 620 g/mol. The van der Waals surface area contributed by atoms with Crippen LogP contribution in [0.5, 0.6) is 0 Å². The molecule has 0 aromatic heterocycles. The second-order valence-corrected chi connectivity index (χ2v) is 22.8. The number of rotatable bonds is 19. The SMILES string of the molecule is C=C(CC(=O)OC[Si](C(C)CC#N)(C(C)CC#N)C(C)CC#N)C(=O)OC[Si](C(C)CC#N)(C(C)CC#N)C(C)CC#N. The standard InChI is InChI=1S/C31H44N6O4Si2/c1-23(31(39)41-22-43(27(5)11-17-35,28(6)12-18-36)29(7)13-19-37)20-30(38)40-21-42(24(2)8-14-32,25(3)9-15-33)26(4)10-16-34/h24-29H,1,8-13,20-22H2,2-7H3. The van der Waals surface area contributed by atoms with Gasteiger partial charge in [0, 0.05) is 44.1 Å². The first-order chi connectivity index (χ1) is 20.3. The van der Waals surface area contributed by atoms with E-state index in [1.54, 1.807) is 0 Å². The van der Waals surface area contributed by atoms with Gasteiger partial charge in [-0.3, -0.25) is 4.79 Å². The second-order valence-electron chi connectivity index (χ2n) is 11.8. The number of hydrogen-bond donors (Lipinski definition) is 0. The van der Waals surface area contributed by atoms with Gasteiger partial charge in [0.15, 0.2) is 0 Å². The lowest BCUT2D eigenvalue weighted by Gasteiger charge is -2.44. The molecule has 0 heterocycles. The van der Waals surface area contributed by atoms with Crippen LogP contribution in [0.1, 0.15) is 86.5 Å². The summed E-state index contributed by atoms with van der Waals surface area (Å²) >= 11 is 0. The minimum atomic E-state index is -2.76. The molecule has 0 amide bonds. The molecule has 6 atom stereocenters. The highest BCUT2D eigenvalue weighted by molar-refractivity contribution is 6.84. The normalized spacial score (nSPS) is 17.4. The second kappa shape index (κ2) is 19.3. The van der Waals surface area contributed by atoms with Crippen LogP contribution in [0, 0.1) is 68.0 Å². The molecular formula is C31H44N6O4Si2. The number of ether oxygens (including phenoxy) is 2. The summed E-state index contributed by atoms with van der Waals surface area (Å²) in [6.45, 7) is 15.2. The van der Waals surface area contributed by atoms with Crippen molar-refractivity contribution in [1.82, 2.24) is 0 Å². The Morgan fingerprint density at radius 3 is 1.07 bits per heavy atom. The van der Waals surface area contributed by atoms with Crippen LogP contribution in [-0.2, 0) is 19.1 Å². The summed E-state index contributed by atoms with van der Waals surface area (Å²) in [5.74, 6) is -1.49. The number of nitriles is 6. The molecule has 0 saturated heterocycles. The van der Waals surface area contributed by atoms with Crippen molar-refractivity contribution in [1.29, 1.82) is 31.6 Å². The molecule has 0 bridgehead atoms. The van der Waals surface area contributed by atoms with Crippen LogP contribution in [0.4, 0.5) is 0 Å². The summed E-state index contributed by atoms with van der Waals surface area (Å²) in [6.07, 6.45) is 0.775. The summed E-state index contributed by atoms with van der Waals surface area (Å²) in [6, 6.07) is 13.1. The summed E-state index contributed by atoms with van der Waals surface area (Å²) in [5.41, 5.74) is -1.04. The Morgan fingerprint density at radius 2 is 0.814 bits per heavy atom. The Hall–Kier alpha value is -3.95. The summed E-state index contributed by atoms with van der Waals surface area (Å²) in [7, 11) is -5.50. The molecule has 12 heteroatoms. The van der Waals surface area contributed by atoms with Crippen LogP contribution >= 0.6 is 0 Å². The van der Waals surface area contributed by atoms with E-state index < -0.39 is 34.5 Å². The van der Waals surface area contributed by atoms with E-state index in [2.05, 4.69) is 43.0 Å². The number of nitrogens with zero attached hydrogens (tertiary/aromatic N) is 6. The van der Waals surface area contributed by atoms with Gasteiger partial charge in [-0.15, -0.1) is 0 Å². The van der Waals surface area contributed by atoms with Crippen LogP contribution in [0.3, 0.4) is 0 Å². The van der Waals surface area contributed by atoms with Gasteiger partial charge in [0.1, 0.15) is 16.1 Å².